The highest BCUT2D eigenvalue weighted by atomic mass is 35.5. The Balaban J connectivity index is 2.37. The van der Waals surface area contributed by atoms with Crippen molar-refractivity contribution in [2.45, 2.75) is 25.1 Å². The molecular formula is C11H13ClF3N3. The smallest absolute Gasteiger partial charge is 0.355 e. The lowest BCUT2D eigenvalue weighted by Gasteiger charge is -2.33. The topological polar surface area (TPSA) is 42.1 Å². The molecule has 2 heterocycles. The van der Waals surface area contributed by atoms with Crippen LogP contribution < -0.4 is 10.6 Å². The van der Waals surface area contributed by atoms with E-state index in [0.717, 1.165) is 18.9 Å². The summed E-state index contributed by atoms with van der Waals surface area (Å²) in [5.74, 6) is -0.0814. The first-order chi connectivity index (χ1) is 8.38. The number of hydrogen-bond acceptors (Lipinski definition) is 3. The van der Waals surface area contributed by atoms with Gasteiger partial charge in [0.25, 0.3) is 0 Å². The molecule has 0 spiro atoms. The van der Waals surface area contributed by atoms with Crippen molar-refractivity contribution in [1.29, 1.82) is 0 Å². The summed E-state index contributed by atoms with van der Waals surface area (Å²) < 4.78 is 38.8. The zero-order valence-electron chi connectivity index (χ0n) is 9.54. The Hall–Kier alpha value is -1.01. The molecule has 0 bridgehead atoms. The molecular weight excluding hydrogens is 267 g/mol. The molecule has 1 atom stereocenters. The highest BCUT2D eigenvalue weighted by molar-refractivity contribution is 6.30. The molecule has 0 aromatic carbocycles. The van der Waals surface area contributed by atoms with Gasteiger partial charge in [0, 0.05) is 25.3 Å². The first-order valence-electron chi connectivity index (χ1n) is 5.61. The van der Waals surface area contributed by atoms with Crippen molar-refractivity contribution in [2.24, 2.45) is 5.73 Å². The Bertz CT molecular complexity index is 436. The molecule has 3 nitrogen and oxygen atoms in total. The molecule has 1 aromatic heterocycles. The SMILES string of the molecule is N[C@@H]1CCCN(c2ncc(Cl)cc2C(F)(F)F)C1. The minimum atomic E-state index is -4.46. The second kappa shape index (κ2) is 4.93. The molecule has 1 aliphatic rings. The van der Waals surface area contributed by atoms with Gasteiger partial charge in [-0.15, -0.1) is 0 Å². The van der Waals surface area contributed by atoms with E-state index in [2.05, 4.69) is 4.98 Å². The van der Waals surface area contributed by atoms with Gasteiger partial charge in [0.2, 0.25) is 0 Å². The lowest BCUT2D eigenvalue weighted by Crippen LogP contribution is -2.43. The zero-order chi connectivity index (χ0) is 13.3. The summed E-state index contributed by atoms with van der Waals surface area (Å²) in [7, 11) is 0. The lowest BCUT2D eigenvalue weighted by atomic mass is 10.1. The molecule has 100 valence electrons. The third-order valence-electron chi connectivity index (χ3n) is 2.90. The molecule has 7 heteroatoms. The van der Waals surface area contributed by atoms with Gasteiger partial charge in [-0.3, -0.25) is 0 Å². The van der Waals surface area contributed by atoms with Crippen molar-refractivity contribution in [1.82, 2.24) is 4.98 Å². The van der Waals surface area contributed by atoms with Crippen LogP contribution in [0.5, 0.6) is 0 Å². The number of rotatable bonds is 1. The van der Waals surface area contributed by atoms with E-state index in [9.17, 15) is 13.2 Å². The van der Waals surface area contributed by atoms with Gasteiger partial charge >= 0.3 is 6.18 Å². The second-order valence-electron chi connectivity index (χ2n) is 4.37. The Labute approximate surface area is 108 Å². The minimum Gasteiger partial charge on any atom is -0.355 e. The van der Waals surface area contributed by atoms with Gasteiger partial charge in [0.05, 0.1) is 10.6 Å². The maximum atomic E-state index is 12.9. The normalized spacial score (nSPS) is 21.2. The summed E-state index contributed by atoms with van der Waals surface area (Å²) >= 11 is 5.58. The maximum Gasteiger partial charge on any atom is 0.420 e. The van der Waals surface area contributed by atoms with Gasteiger partial charge in [0.15, 0.2) is 0 Å². The van der Waals surface area contributed by atoms with Crippen LogP contribution in [0.3, 0.4) is 0 Å². The molecule has 1 saturated heterocycles. The van der Waals surface area contributed by atoms with E-state index in [-0.39, 0.29) is 16.9 Å². The molecule has 1 fully saturated rings. The van der Waals surface area contributed by atoms with Gasteiger partial charge in [0.1, 0.15) is 5.82 Å². The van der Waals surface area contributed by atoms with Gasteiger partial charge in [-0.1, -0.05) is 11.6 Å². The van der Waals surface area contributed by atoms with Crippen molar-refractivity contribution >= 4 is 17.4 Å². The number of nitrogens with zero attached hydrogens (tertiary/aromatic N) is 2. The maximum absolute atomic E-state index is 12.9. The van der Waals surface area contributed by atoms with Gasteiger partial charge in [-0.05, 0) is 18.9 Å². The zero-order valence-corrected chi connectivity index (χ0v) is 10.3. The third-order valence-corrected chi connectivity index (χ3v) is 3.10. The van der Waals surface area contributed by atoms with Crippen molar-refractivity contribution in [3.8, 4) is 0 Å². The summed E-state index contributed by atoms with van der Waals surface area (Å²) in [6.45, 7) is 0.920. The number of anilines is 1. The Morgan fingerprint density at radius 1 is 1.44 bits per heavy atom. The molecule has 0 radical (unpaired) electrons. The lowest BCUT2D eigenvalue weighted by molar-refractivity contribution is -0.137. The van der Waals surface area contributed by atoms with Crippen LogP contribution in [0, 0.1) is 0 Å². The van der Waals surface area contributed by atoms with Crippen molar-refractivity contribution < 1.29 is 13.2 Å². The van der Waals surface area contributed by atoms with Crippen LogP contribution in [0.15, 0.2) is 12.3 Å². The number of halogens is 4. The molecule has 0 unspecified atom stereocenters. The molecule has 0 amide bonds. The summed E-state index contributed by atoms with van der Waals surface area (Å²) in [6.07, 6.45) is -1.64. The predicted octanol–water partition coefficient (Wildman–Crippen LogP) is 2.68. The first-order valence-corrected chi connectivity index (χ1v) is 5.99. The number of piperidine rings is 1. The van der Waals surface area contributed by atoms with Crippen LogP contribution in [-0.4, -0.2) is 24.1 Å². The number of nitrogens with two attached hydrogens (primary N) is 1. The van der Waals surface area contributed by atoms with Gasteiger partial charge in [-0.2, -0.15) is 13.2 Å². The van der Waals surface area contributed by atoms with E-state index in [4.69, 9.17) is 17.3 Å². The number of pyridine rings is 1. The molecule has 0 saturated carbocycles. The van der Waals surface area contributed by atoms with E-state index in [1.165, 1.54) is 6.20 Å². The number of alkyl halides is 3. The average Bonchev–Trinajstić information content (AvgIpc) is 2.27. The van der Waals surface area contributed by atoms with Crippen LogP contribution in [0.2, 0.25) is 5.02 Å². The molecule has 1 aliphatic heterocycles. The van der Waals surface area contributed by atoms with Crippen LogP contribution in [0.1, 0.15) is 18.4 Å². The fraction of sp³-hybridized carbons (Fsp3) is 0.545. The molecule has 0 aliphatic carbocycles. The second-order valence-corrected chi connectivity index (χ2v) is 4.81. The summed E-state index contributed by atoms with van der Waals surface area (Å²) in [4.78, 5) is 5.40. The Morgan fingerprint density at radius 3 is 2.78 bits per heavy atom. The molecule has 2 N–H and O–H groups in total. The van der Waals surface area contributed by atoms with E-state index in [0.29, 0.717) is 13.1 Å². The monoisotopic (exact) mass is 279 g/mol. The third kappa shape index (κ3) is 2.87. The average molecular weight is 280 g/mol. The van der Waals surface area contributed by atoms with E-state index in [1.807, 2.05) is 0 Å². The van der Waals surface area contributed by atoms with Gasteiger partial charge < -0.3 is 10.6 Å². The number of hydrogen-bond donors (Lipinski definition) is 1. The van der Waals surface area contributed by atoms with E-state index < -0.39 is 11.7 Å². The van der Waals surface area contributed by atoms with E-state index >= 15 is 0 Å². The fourth-order valence-electron chi connectivity index (χ4n) is 2.10. The van der Waals surface area contributed by atoms with Crippen LogP contribution in [0.4, 0.5) is 19.0 Å². The quantitative estimate of drug-likeness (QED) is 0.859. The van der Waals surface area contributed by atoms with E-state index in [1.54, 1.807) is 4.90 Å². The summed E-state index contributed by atoms with van der Waals surface area (Å²) in [5, 5.41) is -0.0209. The standard InChI is InChI=1S/C11H13ClF3N3/c12-7-4-9(11(13,14)15)10(17-5-7)18-3-1-2-8(16)6-18/h4-5,8H,1-3,6,16H2/t8-/m1/s1. The highest BCUT2D eigenvalue weighted by Crippen LogP contribution is 2.37. The Morgan fingerprint density at radius 2 is 2.17 bits per heavy atom. The molecule has 1 aromatic rings. The minimum absolute atomic E-state index is 0.0209. The summed E-state index contributed by atoms with van der Waals surface area (Å²) in [5.41, 5.74) is 4.97. The molecule has 2 rings (SSSR count). The largest absolute Gasteiger partial charge is 0.420 e. The van der Waals surface area contributed by atoms with Crippen molar-refractivity contribution in [3.05, 3.63) is 22.8 Å². The van der Waals surface area contributed by atoms with Crippen molar-refractivity contribution in [2.75, 3.05) is 18.0 Å². The fourth-order valence-corrected chi connectivity index (χ4v) is 2.25. The Kier molecular flexibility index (Phi) is 3.68. The summed E-state index contributed by atoms with van der Waals surface area (Å²) in [6, 6.07) is 0.793. The first kappa shape index (κ1) is 13.4. The van der Waals surface area contributed by atoms with Gasteiger partial charge in [-0.25, -0.2) is 4.98 Å². The highest BCUT2D eigenvalue weighted by Gasteiger charge is 2.36. The number of aromatic nitrogens is 1. The van der Waals surface area contributed by atoms with Crippen molar-refractivity contribution in [3.63, 3.8) is 0 Å². The predicted molar refractivity (Wildman–Crippen MR) is 63.7 cm³/mol. The van der Waals surface area contributed by atoms with Crippen LogP contribution >= 0.6 is 11.6 Å². The molecule has 18 heavy (non-hydrogen) atoms. The van der Waals surface area contributed by atoms with Crippen LogP contribution in [0.25, 0.3) is 0 Å². The van der Waals surface area contributed by atoms with Crippen LogP contribution in [-0.2, 0) is 6.18 Å².